The van der Waals surface area contributed by atoms with Crippen LogP contribution in [0.15, 0.2) is 0 Å². The molecule has 2 unspecified atom stereocenters. The maximum absolute atomic E-state index is 5.86. The van der Waals surface area contributed by atoms with E-state index in [4.69, 9.17) is 5.73 Å². The second-order valence-electron chi connectivity index (χ2n) is 4.17. The lowest BCUT2D eigenvalue weighted by Gasteiger charge is -2.33. The van der Waals surface area contributed by atoms with Gasteiger partial charge < -0.3 is 5.73 Å². The maximum atomic E-state index is 5.86. The molecular formula is C12H28N2. The summed E-state index contributed by atoms with van der Waals surface area (Å²) >= 11 is 0. The Kier molecular flexibility index (Phi) is 8.20. The fraction of sp³-hybridized carbons (Fsp3) is 1.00. The highest BCUT2D eigenvalue weighted by Crippen LogP contribution is 2.14. The number of hydrogen-bond acceptors (Lipinski definition) is 2. The Hall–Kier alpha value is -0.0800. The molecule has 2 nitrogen and oxygen atoms in total. The molecule has 2 atom stereocenters. The first kappa shape index (κ1) is 13.9. The number of likely N-dealkylation sites (N-methyl/N-ethyl adjacent to an activating group) is 1. The highest BCUT2D eigenvalue weighted by atomic mass is 15.2. The number of nitrogens with two attached hydrogens (primary N) is 1. The maximum Gasteiger partial charge on any atom is 0.0243 e. The molecule has 0 fully saturated rings. The quantitative estimate of drug-likeness (QED) is 0.652. The molecule has 0 amide bonds. The SMILES string of the molecule is CCCCN(CC)C(CN)C(C)CC. The monoisotopic (exact) mass is 200 g/mol. The van der Waals surface area contributed by atoms with E-state index >= 15 is 0 Å². The van der Waals surface area contributed by atoms with E-state index < -0.39 is 0 Å². The summed E-state index contributed by atoms with van der Waals surface area (Å²) in [7, 11) is 0. The summed E-state index contributed by atoms with van der Waals surface area (Å²) in [6.07, 6.45) is 3.79. The molecule has 0 aromatic rings. The minimum absolute atomic E-state index is 0.580. The lowest BCUT2D eigenvalue weighted by Crippen LogP contribution is -2.45. The van der Waals surface area contributed by atoms with Crippen LogP contribution in [0, 0.1) is 5.92 Å². The first-order valence-corrected chi connectivity index (χ1v) is 6.15. The molecule has 0 aliphatic carbocycles. The van der Waals surface area contributed by atoms with E-state index in [1.54, 1.807) is 0 Å². The molecule has 0 aliphatic rings. The van der Waals surface area contributed by atoms with Crippen LogP contribution in [-0.4, -0.2) is 30.6 Å². The van der Waals surface area contributed by atoms with Crippen molar-refractivity contribution >= 4 is 0 Å². The van der Waals surface area contributed by atoms with E-state index in [1.165, 1.54) is 25.8 Å². The number of nitrogens with zero attached hydrogens (tertiary/aromatic N) is 1. The van der Waals surface area contributed by atoms with Crippen LogP contribution in [0.2, 0.25) is 0 Å². The molecule has 0 bridgehead atoms. The Balaban J connectivity index is 4.13. The average molecular weight is 200 g/mol. The van der Waals surface area contributed by atoms with Crippen LogP contribution in [0.5, 0.6) is 0 Å². The van der Waals surface area contributed by atoms with Crippen molar-refractivity contribution in [3.63, 3.8) is 0 Å². The second-order valence-corrected chi connectivity index (χ2v) is 4.17. The summed E-state index contributed by atoms with van der Waals surface area (Å²) in [6, 6.07) is 0.580. The summed E-state index contributed by atoms with van der Waals surface area (Å²) in [5.41, 5.74) is 5.86. The van der Waals surface area contributed by atoms with Crippen molar-refractivity contribution in [3.05, 3.63) is 0 Å². The van der Waals surface area contributed by atoms with E-state index in [1.807, 2.05) is 0 Å². The zero-order valence-corrected chi connectivity index (χ0v) is 10.4. The molecule has 0 spiro atoms. The Labute approximate surface area is 89.9 Å². The lowest BCUT2D eigenvalue weighted by atomic mass is 9.97. The van der Waals surface area contributed by atoms with Crippen LogP contribution in [0.1, 0.15) is 47.0 Å². The zero-order chi connectivity index (χ0) is 11.0. The van der Waals surface area contributed by atoms with Gasteiger partial charge in [-0.1, -0.05) is 40.5 Å². The van der Waals surface area contributed by atoms with Crippen molar-refractivity contribution in [2.45, 2.75) is 53.0 Å². The molecule has 0 aromatic heterocycles. The van der Waals surface area contributed by atoms with Gasteiger partial charge in [0.25, 0.3) is 0 Å². The predicted octanol–water partition coefficient (Wildman–Crippen LogP) is 2.48. The predicted molar refractivity (Wildman–Crippen MR) is 64.5 cm³/mol. The van der Waals surface area contributed by atoms with Crippen molar-refractivity contribution in [1.82, 2.24) is 4.90 Å². The summed E-state index contributed by atoms with van der Waals surface area (Å²) < 4.78 is 0. The highest BCUT2D eigenvalue weighted by Gasteiger charge is 2.19. The molecule has 0 radical (unpaired) electrons. The standard InChI is InChI=1S/C12H28N2/c1-5-8-9-14(7-3)12(10-13)11(4)6-2/h11-12H,5-10,13H2,1-4H3. The number of rotatable bonds is 8. The van der Waals surface area contributed by atoms with Crippen molar-refractivity contribution < 1.29 is 0 Å². The smallest absolute Gasteiger partial charge is 0.0243 e. The minimum Gasteiger partial charge on any atom is -0.329 e. The Morgan fingerprint density at radius 3 is 2.21 bits per heavy atom. The van der Waals surface area contributed by atoms with Gasteiger partial charge in [-0.2, -0.15) is 0 Å². The summed E-state index contributed by atoms with van der Waals surface area (Å²) in [4.78, 5) is 2.54. The van der Waals surface area contributed by atoms with E-state index in [0.717, 1.165) is 19.0 Å². The molecule has 0 aliphatic heterocycles. The lowest BCUT2D eigenvalue weighted by molar-refractivity contribution is 0.155. The fourth-order valence-electron chi connectivity index (χ4n) is 1.93. The third-order valence-electron chi connectivity index (χ3n) is 3.22. The third-order valence-corrected chi connectivity index (χ3v) is 3.22. The second kappa shape index (κ2) is 8.25. The minimum atomic E-state index is 0.580. The van der Waals surface area contributed by atoms with Crippen molar-refractivity contribution in [1.29, 1.82) is 0 Å². The zero-order valence-electron chi connectivity index (χ0n) is 10.4. The summed E-state index contributed by atoms with van der Waals surface area (Å²) in [6.45, 7) is 12.2. The van der Waals surface area contributed by atoms with Crippen LogP contribution >= 0.6 is 0 Å². The molecule has 0 rings (SSSR count). The molecule has 0 heterocycles. The number of hydrogen-bond donors (Lipinski definition) is 1. The normalized spacial score (nSPS) is 15.9. The molecule has 2 heteroatoms. The van der Waals surface area contributed by atoms with Crippen molar-refractivity contribution in [3.8, 4) is 0 Å². The Morgan fingerprint density at radius 2 is 1.86 bits per heavy atom. The van der Waals surface area contributed by atoms with Gasteiger partial charge in [-0.05, 0) is 25.4 Å². The highest BCUT2D eigenvalue weighted by molar-refractivity contribution is 4.76. The third kappa shape index (κ3) is 4.43. The fourth-order valence-corrected chi connectivity index (χ4v) is 1.93. The van der Waals surface area contributed by atoms with Gasteiger partial charge in [-0.15, -0.1) is 0 Å². The molecule has 0 aromatic carbocycles. The van der Waals surface area contributed by atoms with Gasteiger partial charge in [0.15, 0.2) is 0 Å². The topological polar surface area (TPSA) is 29.3 Å². The van der Waals surface area contributed by atoms with Crippen LogP contribution in [0.25, 0.3) is 0 Å². The molecule has 0 saturated carbocycles. The van der Waals surface area contributed by atoms with E-state index in [9.17, 15) is 0 Å². The molecule has 14 heavy (non-hydrogen) atoms. The van der Waals surface area contributed by atoms with Gasteiger partial charge in [0, 0.05) is 12.6 Å². The van der Waals surface area contributed by atoms with Gasteiger partial charge in [0.2, 0.25) is 0 Å². The van der Waals surface area contributed by atoms with E-state index in [2.05, 4.69) is 32.6 Å². The molecular weight excluding hydrogens is 172 g/mol. The summed E-state index contributed by atoms with van der Waals surface area (Å²) in [5, 5.41) is 0. The van der Waals surface area contributed by atoms with E-state index in [-0.39, 0.29) is 0 Å². The van der Waals surface area contributed by atoms with Crippen LogP contribution in [-0.2, 0) is 0 Å². The Morgan fingerprint density at radius 1 is 1.21 bits per heavy atom. The van der Waals surface area contributed by atoms with Gasteiger partial charge in [0.1, 0.15) is 0 Å². The average Bonchev–Trinajstić information content (AvgIpc) is 2.23. The van der Waals surface area contributed by atoms with Gasteiger partial charge in [0.05, 0.1) is 0 Å². The van der Waals surface area contributed by atoms with Crippen LogP contribution in [0.4, 0.5) is 0 Å². The van der Waals surface area contributed by atoms with Gasteiger partial charge in [-0.3, -0.25) is 4.90 Å². The first-order chi connectivity index (χ1) is 6.71. The largest absolute Gasteiger partial charge is 0.329 e. The van der Waals surface area contributed by atoms with Gasteiger partial charge >= 0.3 is 0 Å². The summed E-state index contributed by atoms with van der Waals surface area (Å²) in [5.74, 6) is 0.719. The van der Waals surface area contributed by atoms with Crippen molar-refractivity contribution in [2.24, 2.45) is 11.7 Å². The van der Waals surface area contributed by atoms with Crippen LogP contribution < -0.4 is 5.73 Å². The van der Waals surface area contributed by atoms with Gasteiger partial charge in [-0.25, -0.2) is 0 Å². The van der Waals surface area contributed by atoms with E-state index in [0.29, 0.717) is 6.04 Å². The molecule has 86 valence electrons. The molecule has 2 N–H and O–H groups in total. The Bertz CT molecular complexity index is 125. The van der Waals surface area contributed by atoms with Crippen molar-refractivity contribution in [2.75, 3.05) is 19.6 Å². The molecule has 0 saturated heterocycles. The first-order valence-electron chi connectivity index (χ1n) is 6.15. The number of unbranched alkanes of at least 4 members (excludes halogenated alkanes) is 1. The van der Waals surface area contributed by atoms with Crippen LogP contribution in [0.3, 0.4) is 0 Å².